The molecule has 1 atom stereocenters. The van der Waals surface area contributed by atoms with Crippen LogP contribution in [0.4, 0.5) is 0 Å². The lowest BCUT2D eigenvalue weighted by atomic mass is 9.80. The fourth-order valence-electron chi connectivity index (χ4n) is 2.64. The molecule has 1 aromatic rings. The second-order valence-electron chi connectivity index (χ2n) is 6.00. The smallest absolute Gasteiger partial charge is 0.0994 e. The van der Waals surface area contributed by atoms with Crippen LogP contribution in [-0.4, -0.2) is 15.0 Å². The van der Waals surface area contributed by atoms with Gasteiger partial charge < -0.3 is 5.73 Å². The minimum absolute atomic E-state index is 0.480. The molecule has 1 heterocycles. The van der Waals surface area contributed by atoms with Crippen molar-refractivity contribution in [2.45, 2.75) is 65.5 Å². The molecule has 0 saturated heterocycles. The number of hydrogen-bond acceptors (Lipinski definition) is 3. The summed E-state index contributed by atoms with van der Waals surface area (Å²) in [4.78, 5) is 0. The average Bonchev–Trinajstić information content (AvgIpc) is 2.66. The number of hydrogen-bond donors (Lipinski definition) is 1. The number of aromatic nitrogens is 3. The Morgan fingerprint density at radius 1 is 1.33 bits per heavy atom. The van der Waals surface area contributed by atoms with Crippen LogP contribution in [0.2, 0.25) is 0 Å². The molecule has 1 unspecified atom stereocenters. The predicted molar refractivity (Wildman–Crippen MR) is 73.1 cm³/mol. The Bertz CT molecular complexity index is 379. The summed E-state index contributed by atoms with van der Waals surface area (Å²) in [6, 6.07) is 0.480. The Labute approximate surface area is 110 Å². The van der Waals surface area contributed by atoms with E-state index in [1.54, 1.807) is 0 Å². The maximum absolute atomic E-state index is 5.78. The topological polar surface area (TPSA) is 56.7 Å². The molecule has 0 aliphatic heterocycles. The van der Waals surface area contributed by atoms with Gasteiger partial charge in [-0.25, -0.2) is 4.68 Å². The fraction of sp³-hybridized carbons (Fsp3) is 0.857. The first-order valence-corrected chi connectivity index (χ1v) is 7.26. The quantitative estimate of drug-likeness (QED) is 0.844. The summed E-state index contributed by atoms with van der Waals surface area (Å²) in [5, 5.41) is 8.62. The SMILES string of the molecule is CC(C)CCc1c(CN)nnn1C(C)C1CCC1. The van der Waals surface area contributed by atoms with Gasteiger partial charge in [0.1, 0.15) is 0 Å². The molecular weight excluding hydrogens is 224 g/mol. The first kappa shape index (κ1) is 13.5. The molecule has 1 fully saturated rings. The number of rotatable bonds is 6. The first-order chi connectivity index (χ1) is 8.63. The highest BCUT2D eigenvalue weighted by atomic mass is 15.4. The van der Waals surface area contributed by atoms with Crippen LogP contribution >= 0.6 is 0 Å². The van der Waals surface area contributed by atoms with Crippen LogP contribution in [-0.2, 0) is 13.0 Å². The van der Waals surface area contributed by atoms with Gasteiger partial charge in [0.2, 0.25) is 0 Å². The summed E-state index contributed by atoms with van der Waals surface area (Å²) in [5.74, 6) is 1.49. The van der Waals surface area contributed by atoms with Crippen LogP contribution in [0.1, 0.15) is 63.9 Å². The Morgan fingerprint density at radius 2 is 2.06 bits per heavy atom. The summed E-state index contributed by atoms with van der Waals surface area (Å²) < 4.78 is 2.15. The zero-order valence-electron chi connectivity index (χ0n) is 11.9. The molecule has 1 saturated carbocycles. The van der Waals surface area contributed by atoms with Crippen molar-refractivity contribution in [2.75, 3.05) is 0 Å². The molecule has 0 amide bonds. The van der Waals surface area contributed by atoms with Crippen LogP contribution in [0.5, 0.6) is 0 Å². The first-order valence-electron chi connectivity index (χ1n) is 7.26. The van der Waals surface area contributed by atoms with E-state index in [0.717, 1.165) is 18.0 Å². The second-order valence-corrected chi connectivity index (χ2v) is 6.00. The van der Waals surface area contributed by atoms with Crippen LogP contribution in [0.25, 0.3) is 0 Å². The molecule has 2 rings (SSSR count). The molecule has 2 N–H and O–H groups in total. The zero-order chi connectivity index (χ0) is 13.1. The largest absolute Gasteiger partial charge is 0.325 e. The average molecular weight is 250 g/mol. The minimum atomic E-state index is 0.480. The summed E-state index contributed by atoms with van der Waals surface area (Å²) in [7, 11) is 0. The lowest BCUT2D eigenvalue weighted by molar-refractivity contribution is 0.204. The van der Waals surface area contributed by atoms with E-state index in [0.29, 0.717) is 18.5 Å². The van der Waals surface area contributed by atoms with Gasteiger partial charge in [0.25, 0.3) is 0 Å². The van der Waals surface area contributed by atoms with Gasteiger partial charge in [0.15, 0.2) is 0 Å². The number of nitrogens with two attached hydrogens (primary N) is 1. The van der Waals surface area contributed by atoms with Crippen LogP contribution in [0.3, 0.4) is 0 Å². The molecule has 0 radical (unpaired) electrons. The van der Waals surface area contributed by atoms with Gasteiger partial charge in [-0.3, -0.25) is 0 Å². The summed E-state index contributed by atoms with van der Waals surface area (Å²) in [6.45, 7) is 7.29. The molecule has 0 bridgehead atoms. The van der Waals surface area contributed by atoms with Gasteiger partial charge in [-0.2, -0.15) is 0 Å². The van der Waals surface area contributed by atoms with E-state index < -0.39 is 0 Å². The van der Waals surface area contributed by atoms with Crippen LogP contribution < -0.4 is 5.73 Å². The normalized spacial score (nSPS) is 18.1. The van der Waals surface area contributed by atoms with Crippen molar-refractivity contribution in [3.05, 3.63) is 11.4 Å². The lowest BCUT2D eigenvalue weighted by Gasteiger charge is -2.32. The third-order valence-electron chi connectivity index (χ3n) is 4.24. The third kappa shape index (κ3) is 2.74. The van der Waals surface area contributed by atoms with Crippen molar-refractivity contribution >= 4 is 0 Å². The lowest BCUT2D eigenvalue weighted by Crippen LogP contribution is -2.25. The summed E-state index contributed by atoms with van der Waals surface area (Å²) in [5.41, 5.74) is 8.03. The third-order valence-corrected chi connectivity index (χ3v) is 4.24. The van der Waals surface area contributed by atoms with Gasteiger partial charge >= 0.3 is 0 Å². The minimum Gasteiger partial charge on any atom is -0.325 e. The molecule has 1 aliphatic rings. The van der Waals surface area contributed by atoms with E-state index in [-0.39, 0.29) is 0 Å². The summed E-state index contributed by atoms with van der Waals surface area (Å²) in [6.07, 6.45) is 6.27. The molecule has 1 aromatic heterocycles. The van der Waals surface area contributed by atoms with Gasteiger partial charge in [0.05, 0.1) is 17.4 Å². The van der Waals surface area contributed by atoms with Gasteiger partial charge in [0, 0.05) is 6.54 Å². The molecule has 0 aromatic carbocycles. The molecule has 4 nitrogen and oxygen atoms in total. The Kier molecular flexibility index (Phi) is 4.38. The standard InChI is InChI=1S/C14H26N4/c1-10(2)7-8-14-13(9-15)16-17-18(14)11(3)12-5-4-6-12/h10-12H,4-9,15H2,1-3H3. The highest BCUT2D eigenvalue weighted by molar-refractivity contribution is 5.11. The van der Waals surface area contributed by atoms with E-state index in [1.165, 1.54) is 31.4 Å². The van der Waals surface area contributed by atoms with Crippen molar-refractivity contribution in [1.82, 2.24) is 15.0 Å². The Balaban J connectivity index is 2.14. The Hall–Kier alpha value is -0.900. The van der Waals surface area contributed by atoms with E-state index in [9.17, 15) is 0 Å². The van der Waals surface area contributed by atoms with E-state index >= 15 is 0 Å². The van der Waals surface area contributed by atoms with Gasteiger partial charge in [-0.15, -0.1) is 5.10 Å². The number of nitrogens with zero attached hydrogens (tertiary/aromatic N) is 3. The predicted octanol–water partition coefficient (Wildman–Crippen LogP) is 2.69. The van der Waals surface area contributed by atoms with Crippen LogP contribution in [0.15, 0.2) is 0 Å². The van der Waals surface area contributed by atoms with Crippen molar-refractivity contribution in [3.8, 4) is 0 Å². The molecule has 102 valence electrons. The molecule has 4 heteroatoms. The molecular formula is C14H26N4. The van der Waals surface area contributed by atoms with Gasteiger partial charge in [-0.1, -0.05) is 25.5 Å². The van der Waals surface area contributed by atoms with Crippen molar-refractivity contribution in [3.63, 3.8) is 0 Å². The molecule has 18 heavy (non-hydrogen) atoms. The fourth-order valence-corrected chi connectivity index (χ4v) is 2.64. The Morgan fingerprint density at radius 3 is 2.56 bits per heavy atom. The van der Waals surface area contributed by atoms with Crippen LogP contribution in [0, 0.1) is 11.8 Å². The van der Waals surface area contributed by atoms with E-state index in [1.807, 2.05) is 0 Å². The maximum Gasteiger partial charge on any atom is 0.0994 e. The highest BCUT2D eigenvalue weighted by Gasteiger charge is 2.28. The maximum atomic E-state index is 5.78. The van der Waals surface area contributed by atoms with E-state index in [2.05, 4.69) is 35.8 Å². The highest BCUT2D eigenvalue weighted by Crippen LogP contribution is 2.36. The monoisotopic (exact) mass is 250 g/mol. The van der Waals surface area contributed by atoms with Crippen molar-refractivity contribution in [2.24, 2.45) is 17.6 Å². The van der Waals surface area contributed by atoms with Crippen molar-refractivity contribution in [1.29, 1.82) is 0 Å². The zero-order valence-corrected chi connectivity index (χ0v) is 11.9. The summed E-state index contributed by atoms with van der Waals surface area (Å²) >= 11 is 0. The second kappa shape index (κ2) is 5.83. The molecule has 0 spiro atoms. The van der Waals surface area contributed by atoms with Crippen molar-refractivity contribution < 1.29 is 0 Å². The molecule has 1 aliphatic carbocycles. The van der Waals surface area contributed by atoms with Gasteiger partial charge in [-0.05, 0) is 44.4 Å². The van der Waals surface area contributed by atoms with E-state index in [4.69, 9.17) is 5.73 Å².